The summed E-state index contributed by atoms with van der Waals surface area (Å²) in [6.45, 7) is 0. The smallest absolute Gasteiger partial charge is 0.240 e. The molecule has 0 radical (unpaired) electrons. The Bertz CT molecular complexity index is 669. The van der Waals surface area contributed by atoms with Crippen LogP contribution in [0.15, 0.2) is 53.6 Å². The molecule has 0 aromatic heterocycles. The summed E-state index contributed by atoms with van der Waals surface area (Å²) >= 11 is 0. The molecular weight excluding hydrogens is 292 g/mol. The fourth-order valence-corrected chi connectivity index (χ4v) is 2.07. The van der Waals surface area contributed by atoms with Crippen molar-refractivity contribution < 1.29 is 14.3 Å². The zero-order chi connectivity index (χ0) is 16.5. The van der Waals surface area contributed by atoms with Gasteiger partial charge in [-0.3, -0.25) is 4.79 Å². The van der Waals surface area contributed by atoms with Gasteiger partial charge in [0, 0.05) is 6.42 Å². The molecule has 0 spiro atoms. The van der Waals surface area contributed by atoms with Gasteiger partial charge >= 0.3 is 0 Å². The first-order valence-electron chi connectivity index (χ1n) is 7.31. The topological polar surface area (TPSA) is 59.9 Å². The quantitative estimate of drug-likeness (QED) is 0.632. The number of nitrogens with one attached hydrogen (secondary N) is 1. The largest absolute Gasteiger partial charge is 0.493 e. The summed E-state index contributed by atoms with van der Waals surface area (Å²) < 4.78 is 10.4. The molecule has 0 fully saturated rings. The molecule has 0 aliphatic carbocycles. The van der Waals surface area contributed by atoms with Crippen molar-refractivity contribution in [3.63, 3.8) is 0 Å². The summed E-state index contributed by atoms with van der Waals surface area (Å²) in [5, 5.41) is 3.96. The Morgan fingerprint density at radius 1 is 1.09 bits per heavy atom. The maximum absolute atomic E-state index is 11.8. The number of carbonyl (C=O) groups excluding carboxylic acids is 1. The van der Waals surface area contributed by atoms with Gasteiger partial charge in [0.2, 0.25) is 5.91 Å². The van der Waals surface area contributed by atoms with Gasteiger partial charge in [0.1, 0.15) is 0 Å². The number of aryl methyl sites for hydroxylation is 1. The number of nitrogens with zero attached hydrogens (tertiary/aromatic N) is 1. The van der Waals surface area contributed by atoms with Crippen LogP contribution in [-0.4, -0.2) is 26.3 Å². The highest BCUT2D eigenvalue weighted by Crippen LogP contribution is 2.26. The summed E-state index contributed by atoms with van der Waals surface area (Å²) in [7, 11) is 3.16. The number of methoxy groups -OCH3 is 2. The molecule has 0 aliphatic heterocycles. The van der Waals surface area contributed by atoms with E-state index < -0.39 is 0 Å². The maximum atomic E-state index is 11.8. The molecule has 0 bridgehead atoms. The van der Waals surface area contributed by atoms with Gasteiger partial charge in [0.15, 0.2) is 11.5 Å². The summed E-state index contributed by atoms with van der Waals surface area (Å²) in [5.41, 5.74) is 4.47. The average molecular weight is 312 g/mol. The lowest BCUT2D eigenvalue weighted by atomic mass is 10.1. The predicted octanol–water partition coefficient (Wildman–Crippen LogP) is 2.79. The molecule has 0 aliphatic rings. The maximum Gasteiger partial charge on any atom is 0.240 e. The predicted molar refractivity (Wildman–Crippen MR) is 90.0 cm³/mol. The molecule has 0 saturated heterocycles. The highest BCUT2D eigenvalue weighted by Gasteiger charge is 2.03. The Morgan fingerprint density at radius 2 is 1.83 bits per heavy atom. The second kappa shape index (κ2) is 8.58. The van der Waals surface area contributed by atoms with E-state index in [1.54, 1.807) is 32.6 Å². The van der Waals surface area contributed by atoms with Crippen molar-refractivity contribution in [3.05, 3.63) is 59.7 Å². The fourth-order valence-electron chi connectivity index (χ4n) is 2.07. The Labute approximate surface area is 135 Å². The lowest BCUT2D eigenvalue weighted by Crippen LogP contribution is -2.17. The van der Waals surface area contributed by atoms with Crippen LogP contribution in [0.4, 0.5) is 0 Å². The van der Waals surface area contributed by atoms with Gasteiger partial charge in [-0.2, -0.15) is 5.10 Å². The Hall–Kier alpha value is -2.82. The minimum atomic E-state index is -0.120. The van der Waals surface area contributed by atoms with Crippen molar-refractivity contribution in [1.82, 2.24) is 5.43 Å². The fraction of sp³-hybridized carbons (Fsp3) is 0.222. The van der Waals surface area contributed by atoms with Gasteiger partial charge in [-0.25, -0.2) is 5.43 Å². The number of benzene rings is 2. The number of rotatable bonds is 7. The van der Waals surface area contributed by atoms with E-state index in [9.17, 15) is 4.79 Å². The van der Waals surface area contributed by atoms with Gasteiger partial charge in [-0.15, -0.1) is 0 Å². The van der Waals surface area contributed by atoms with E-state index in [1.165, 1.54) is 0 Å². The van der Waals surface area contributed by atoms with E-state index in [4.69, 9.17) is 9.47 Å². The zero-order valence-corrected chi connectivity index (χ0v) is 13.3. The highest BCUT2D eigenvalue weighted by atomic mass is 16.5. The van der Waals surface area contributed by atoms with Crippen molar-refractivity contribution in [2.75, 3.05) is 14.2 Å². The van der Waals surface area contributed by atoms with Crippen LogP contribution in [-0.2, 0) is 11.2 Å². The van der Waals surface area contributed by atoms with Crippen LogP contribution in [0, 0.1) is 0 Å². The van der Waals surface area contributed by atoms with Crippen LogP contribution >= 0.6 is 0 Å². The lowest BCUT2D eigenvalue weighted by Gasteiger charge is -2.07. The summed E-state index contributed by atoms with van der Waals surface area (Å²) in [6.07, 6.45) is 2.66. The third-order valence-electron chi connectivity index (χ3n) is 3.29. The molecule has 5 heteroatoms. The van der Waals surface area contributed by atoms with Gasteiger partial charge in [-0.05, 0) is 35.7 Å². The third kappa shape index (κ3) is 5.14. The molecule has 23 heavy (non-hydrogen) atoms. The van der Waals surface area contributed by atoms with E-state index >= 15 is 0 Å². The number of hydrogen-bond donors (Lipinski definition) is 1. The van der Waals surface area contributed by atoms with Crippen molar-refractivity contribution >= 4 is 12.1 Å². The Kier molecular flexibility index (Phi) is 6.17. The van der Waals surface area contributed by atoms with E-state index in [0.29, 0.717) is 24.3 Å². The molecule has 0 heterocycles. The molecule has 2 aromatic rings. The van der Waals surface area contributed by atoms with Gasteiger partial charge in [-0.1, -0.05) is 30.3 Å². The molecule has 0 atom stereocenters. The molecule has 5 nitrogen and oxygen atoms in total. The number of hydrogen-bond acceptors (Lipinski definition) is 4. The number of hydrazone groups is 1. The molecule has 0 saturated carbocycles. The van der Waals surface area contributed by atoms with Crippen LogP contribution < -0.4 is 14.9 Å². The highest BCUT2D eigenvalue weighted by molar-refractivity contribution is 5.83. The monoisotopic (exact) mass is 312 g/mol. The van der Waals surface area contributed by atoms with Crippen LogP contribution in [0.25, 0.3) is 0 Å². The first kappa shape index (κ1) is 16.5. The second-order valence-corrected chi connectivity index (χ2v) is 4.89. The SMILES string of the molecule is COc1ccc(/C=N/NC(=O)CCc2ccccc2)cc1OC. The average Bonchev–Trinajstić information content (AvgIpc) is 2.60. The van der Waals surface area contributed by atoms with Crippen molar-refractivity contribution in [2.45, 2.75) is 12.8 Å². The standard InChI is InChI=1S/C18H20N2O3/c1-22-16-10-8-15(12-17(16)23-2)13-19-20-18(21)11-9-14-6-4-3-5-7-14/h3-8,10,12-13H,9,11H2,1-2H3,(H,20,21)/b19-13+. The van der Waals surface area contributed by atoms with E-state index in [2.05, 4.69) is 10.5 Å². The molecule has 1 N–H and O–H groups in total. The van der Waals surface area contributed by atoms with E-state index in [1.807, 2.05) is 36.4 Å². The van der Waals surface area contributed by atoms with Crippen molar-refractivity contribution in [3.8, 4) is 11.5 Å². The summed E-state index contributed by atoms with van der Waals surface area (Å²) in [6, 6.07) is 15.3. The van der Waals surface area contributed by atoms with Gasteiger partial charge < -0.3 is 9.47 Å². The lowest BCUT2D eigenvalue weighted by molar-refractivity contribution is -0.121. The van der Waals surface area contributed by atoms with Crippen molar-refractivity contribution in [1.29, 1.82) is 0 Å². The number of carbonyl (C=O) groups is 1. The van der Waals surface area contributed by atoms with Crippen LogP contribution in [0.2, 0.25) is 0 Å². The molecule has 2 rings (SSSR count). The number of amides is 1. The normalized spacial score (nSPS) is 10.5. The van der Waals surface area contributed by atoms with E-state index in [-0.39, 0.29) is 5.91 Å². The first-order valence-corrected chi connectivity index (χ1v) is 7.31. The van der Waals surface area contributed by atoms with Crippen LogP contribution in [0.3, 0.4) is 0 Å². The molecule has 0 unspecified atom stereocenters. The molecule has 1 amide bonds. The Morgan fingerprint density at radius 3 is 2.52 bits per heavy atom. The van der Waals surface area contributed by atoms with Gasteiger partial charge in [0.05, 0.1) is 20.4 Å². The second-order valence-electron chi connectivity index (χ2n) is 4.89. The van der Waals surface area contributed by atoms with Crippen LogP contribution in [0.1, 0.15) is 17.5 Å². The third-order valence-corrected chi connectivity index (χ3v) is 3.29. The number of ether oxygens (including phenoxy) is 2. The molecule has 2 aromatic carbocycles. The first-order chi connectivity index (χ1) is 11.2. The van der Waals surface area contributed by atoms with Crippen molar-refractivity contribution in [2.24, 2.45) is 5.10 Å². The molecule has 120 valence electrons. The zero-order valence-electron chi connectivity index (χ0n) is 13.3. The molecular formula is C18H20N2O3. The van der Waals surface area contributed by atoms with E-state index in [0.717, 1.165) is 11.1 Å². The minimum absolute atomic E-state index is 0.120. The van der Waals surface area contributed by atoms with Crippen LogP contribution in [0.5, 0.6) is 11.5 Å². The summed E-state index contributed by atoms with van der Waals surface area (Å²) in [5.74, 6) is 1.15. The minimum Gasteiger partial charge on any atom is -0.493 e. The van der Waals surface area contributed by atoms with Gasteiger partial charge in [0.25, 0.3) is 0 Å². The Balaban J connectivity index is 1.85. The summed E-state index contributed by atoms with van der Waals surface area (Å²) in [4.78, 5) is 11.8.